The van der Waals surface area contributed by atoms with Gasteiger partial charge in [-0.3, -0.25) is 4.90 Å². The van der Waals surface area contributed by atoms with Gasteiger partial charge in [0.15, 0.2) is 0 Å². The van der Waals surface area contributed by atoms with Crippen molar-refractivity contribution in [1.29, 1.82) is 0 Å². The Morgan fingerprint density at radius 1 is 1.25 bits per heavy atom. The van der Waals surface area contributed by atoms with Gasteiger partial charge in [0.25, 0.3) is 0 Å². The van der Waals surface area contributed by atoms with Crippen LogP contribution in [-0.2, 0) is 6.54 Å². The van der Waals surface area contributed by atoms with Crippen molar-refractivity contribution < 1.29 is 8.78 Å². The van der Waals surface area contributed by atoms with Crippen LogP contribution < -0.4 is 11.1 Å². The lowest BCUT2D eigenvalue weighted by molar-refractivity contribution is 0.233. The fourth-order valence-electron chi connectivity index (χ4n) is 1.88. The molecule has 1 heterocycles. The molecule has 0 radical (unpaired) electrons. The first kappa shape index (κ1) is 11.3. The van der Waals surface area contributed by atoms with Gasteiger partial charge in [0.05, 0.1) is 5.69 Å². The van der Waals surface area contributed by atoms with Gasteiger partial charge in [-0.15, -0.1) is 0 Å². The summed E-state index contributed by atoms with van der Waals surface area (Å²) in [7, 11) is 0. The number of halogens is 2. The summed E-state index contributed by atoms with van der Waals surface area (Å²) < 4.78 is 26.2. The van der Waals surface area contributed by atoms with Crippen molar-refractivity contribution in [3.05, 3.63) is 29.3 Å². The lowest BCUT2D eigenvalue weighted by Crippen LogP contribution is -2.43. The fourth-order valence-corrected chi connectivity index (χ4v) is 1.88. The average molecular weight is 227 g/mol. The van der Waals surface area contributed by atoms with Crippen LogP contribution in [0.15, 0.2) is 12.1 Å². The van der Waals surface area contributed by atoms with E-state index < -0.39 is 11.6 Å². The minimum Gasteiger partial charge on any atom is -0.396 e. The van der Waals surface area contributed by atoms with Crippen molar-refractivity contribution in [3.63, 3.8) is 0 Å². The van der Waals surface area contributed by atoms with Gasteiger partial charge in [-0.2, -0.15) is 0 Å². The molecular formula is C11H15F2N3. The Bertz CT molecular complexity index is 376. The van der Waals surface area contributed by atoms with Crippen LogP contribution in [0.1, 0.15) is 5.56 Å². The summed E-state index contributed by atoms with van der Waals surface area (Å²) in [5, 5.41) is 3.22. The number of hydrogen-bond acceptors (Lipinski definition) is 3. The summed E-state index contributed by atoms with van der Waals surface area (Å²) in [5.41, 5.74) is 6.17. The van der Waals surface area contributed by atoms with Gasteiger partial charge in [0.2, 0.25) is 0 Å². The third kappa shape index (κ3) is 2.48. The molecule has 1 aliphatic rings. The largest absolute Gasteiger partial charge is 0.396 e. The van der Waals surface area contributed by atoms with Crippen molar-refractivity contribution in [2.45, 2.75) is 6.54 Å². The topological polar surface area (TPSA) is 41.3 Å². The highest BCUT2D eigenvalue weighted by molar-refractivity contribution is 5.48. The van der Waals surface area contributed by atoms with Crippen LogP contribution in [0.2, 0.25) is 0 Å². The molecule has 0 aliphatic carbocycles. The lowest BCUT2D eigenvalue weighted by atomic mass is 10.1. The molecule has 0 amide bonds. The Balaban J connectivity index is 2.13. The van der Waals surface area contributed by atoms with Crippen molar-refractivity contribution in [1.82, 2.24) is 10.2 Å². The number of nitrogens with two attached hydrogens (primary N) is 1. The van der Waals surface area contributed by atoms with Crippen molar-refractivity contribution >= 4 is 5.69 Å². The summed E-state index contributed by atoms with van der Waals surface area (Å²) in [6.45, 7) is 4.05. The van der Waals surface area contributed by atoms with Crippen LogP contribution in [0.25, 0.3) is 0 Å². The van der Waals surface area contributed by atoms with E-state index in [2.05, 4.69) is 10.2 Å². The zero-order valence-corrected chi connectivity index (χ0v) is 8.97. The number of piperazine rings is 1. The van der Waals surface area contributed by atoms with E-state index in [1.165, 1.54) is 6.07 Å². The van der Waals surface area contributed by atoms with Crippen LogP contribution in [0.4, 0.5) is 14.5 Å². The Morgan fingerprint density at radius 3 is 2.62 bits per heavy atom. The van der Waals surface area contributed by atoms with E-state index in [4.69, 9.17) is 5.73 Å². The van der Waals surface area contributed by atoms with Crippen molar-refractivity contribution in [3.8, 4) is 0 Å². The molecule has 16 heavy (non-hydrogen) atoms. The maximum Gasteiger partial charge on any atom is 0.149 e. The number of anilines is 1. The molecule has 1 aromatic rings. The molecule has 3 nitrogen and oxygen atoms in total. The lowest BCUT2D eigenvalue weighted by Gasteiger charge is -2.27. The number of nitrogens with zero attached hydrogens (tertiary/aromatic N) is 1. The summed E-state index contributed by atoms with van der Waals surface area (Å²) in [4.78, 5) is 2.13. The minimum absolute atomic E-state index is 0.0555. The second-order valence-corrected chi connectivity index (χ2v) is 3.99. The second-order valence-electron chi connectivity index (χ2n) is 3.99. The van der Waals surface area contributed by atoms with Gasteiger partial charge in [-0.1, -0.05) is 0 Å². The number of rotatable bonds is 2. The van der Waals surface area contributed by atoms with E-state index in [1.807, 2.05) is 0 Å². The first-order valence-corrected chi connectivity index (χ1v) is 5.33. The normalized spacial score (nSPS) is 17.6. The maximum atomic E-state index is 13.2. The van der Waals surface area contributed by atoms with Crippen LogP contribution >= 0.6 is 0 Å². The first-order chi connectivity index (χ1) is 7.66. The molecule has 1 fully saturated rings. The van der Waals surface area contributed by atoms with E-state index in [0.29, 0.717) is 12.1 Å². The third-order valence-electron chi connectivity index (χ3n) is 2.78. The van der Waals surface area contributed by atoms with Crippen LogP contribution in [-0.4, -0.2) is 31.1 Å². The highest BCUT2D eigenvalue weighted by Crippen LogP contribution is 2.20. The Morgan fingerprint density at radius 2 is 1.94 bits per heavy atom. The molecule has 3 N–H and O–H groups in total. The Hall–Kier alpha value is -1.20. The molecule has 1 aromatic carbocycles. The minimum atomic E-state index is -0.676. The summed E-state index contributed by atoms with van der Waals surface area (Å²) in [6, 6.07) is 2.12. The van der Waals surface area contributed by atoms with Gasteiger partial charge >= 0.3 is 0 Å². The smallest absolute Gasteiger partial charge is 0.149 e. The molecule has 1 saturated heterocycles. The molecule has 88 valence electrons. The zero-order chi connectivity index (χ0) is 11.5. The molecule has 2 rings (SSSR count). The van der Waals surface area contributed by atoms with E-state index in [-0.39, 0.29) is 5.69 Å². The van der Waals surface area contributed by atoms with Gasteiger partial charge < -0.3 is 11.1 Å². The zero-order valence-electron chi connectivity index (χ0n) is 8.97. The molecular weight excluding hydrogens is 212 g/mol. The molecule has 1 aliphatic heterocycles. The SMILES string of the molecule is Nc1c(F)cc(F)cc1CN1CCNCC1. The molecule has 5 heteroatoms. The summed E-state index contributed by atoms with van der Waals surface area (Å²) in [5.74, 6) is -1.25. The Kier molecular flexibility index (Phi) is 3.36. The molecule has 0 bridgehead atoms. The van der Waals surface area contributed by atoms with Gasteiger partial charge in [0, 0.05) is 38.8 Å². The number of nitrogens with one attached hydrogen (secondary N) is 1. The predicted octanol–water partition coefficient (Wildman–Crippen LogP) is 0.952. The third-order valence-corrected chi connectivity index (χ3v) is 2.78. The highest BCUT2D eigenvalue weighted by Gasteiger charge is 2.14. The van der Waals surface area contributed by atoms with Crippen molar-refractivity contribution in [2.24, 2.45) is 0 Å². The van der Waals surface area contributed by atoms with E-state index in [9.17, 15) is 8.78 Å². The van der Waals surface area contributed by atoms with Crippen LogP contribution in [0.3, 0.4) is 0 Å². The molecule has 0 atom stereocenters. The predicted molar refractivity (Wildman–Crippen MR) is 58.9 cm³/mol. The average Bonchev–Trinajstić information content (AvgIpc) is 2.27. The maximum absolute atomic E-state index is 13.2. The number of benzene rings is 1. The standard InChI is InChI=1S/C11H15F2N3/c12-9-5-8(11(14)10(13)6-9)7-16-3-1-15-2-4-16/h5-6,15H,1-4,7,14H2. The Labute approximate surface area is 93.2 Å². The number of hydrogen-bond donors (Lipinski definition) is 2. The van der Waals surface area contributed by atoms with Crippen LogP contribution in [0.5, 0.6) is 0 Å². The van der Waals surface area contributed by atoms with Gasteiger partial charge in [-0.05, 0) is 11.6 Å². The van der Waals surface area contributed by atoms with E-state index >= 15 is 0 Å². The quantitative estimate of drug-likeness (QED) is 0.739. The van der Waals surface area contributed by atoms with Crippen molar-refractivity contribution in [2.75, 3.05) is 31.9 Å². The highest BCUT2D eigenvalue weighted by atomic mass is 19.1. The summed E-state index contributed by atoms with van der Waals surface area (Å²) in [6.07, 6.45) is 0. The molecule has 0 saturated carbocycles. The second kappa shape index (κ2) is 4.76. The first-order valence-electron chi connectivity index (χ1n) is 5.33. The summed E-state index contributed by atoms with van der Waals surface area (Å²) >= 11 is 0. The monoisotopic (exact) mass is 227 g/mol. The number of nitrogen functional groups attached to an aromatic ring is 1. The molecule has 0 spiro atoms. The fraction of sp³-hybridized carbons (Fsp3) is 0.455. The van der Waals surface area contributed by atoms with E-state index in [1.54, 1.807) is 0 Å². The van der Waals surface area contributed by atoms with Crippen LogP contribution in [0, 0.1) is 11.6 Å². The van der Waals surface area contributed by atoms with Gasteiger partial charge in [-0.25, -0.2) is 8.78 Å². The molecule has 0 unspecified atom stereocenters. The van der Waals surface area contributed by atoms with Gasteiger partial charge in [0.1, 0.15) is 11.6 Å². The van der Waals surface area contributed by atoms with E-state index in [0.717, 1.165) is 32.2 Å². The molecule has 0 aromatic heterocycles.